The Bertz CT molecular complexity index is 991. The lowest BCUT2D eigenvalue weighted by Crippen LogP contribution is -2.44. The summed E-state index contributed by atoms with van der Waals surface area (Å²) in [5.74, 6) is -1.33. The van der Waals surface area contributed by atoms with E-state index in [9.17, 15) is 14.4 Å². The zero-order valence-electron chi connectivity index (χ0n) is 18.8. The molecule has 0 bridgehead atoms. The van der Waals surface area contributed by atoms with Crippen LogP contribution in [0.2, 0.25) is 0 Å². The smallest absolute Gasteiger partial charge is 0.407 e. The molecule has 33 heavy (non-hydrogen) atoms. The van der Waals surface area contributed by atoms with Crippen molar-refractivity contribution in [1.82, 2.24) is 10.6 Å². The molecule has 2 aliphatic carbocycles. The van der Waals surface area contributed by atoms with E-state index >= 15 is 0 Å². The van der Waals surface area contributed by atoms with Crippen LogP contribution in [0.3, 0.4) is 0 Å². The van der Waals surface area contributed by atoms with Gasteiger partial charge in [-0.1, -0.05) is 55.0 Å². The van der Waals surface area contributed by atoms with E-state index in [1.165, 1.54) is 11.1 Å². The van der Waals surface area contributed by atoms with Crippen LogP contribution in [0, 0.1) is 5.92 Å². The van der Waals surface area contributed by atoms with Gasteiger partial charge in [-0.3, -0.25) is 9.59 Å². The first-order valence-corrected chi connectivity index (χ1v) is 11.6. The molecule has 4 rings (SSSR count). The Morgan fingerprint density at radius 1 is 1.03 bits per heavy atom. The van der Waals surface area contributed by atoms with Crippen molar-refractivity contribution in [2.24, 2.45) is 5.92 Å². The van der Waals surface area contributed by atoms with Crippen LogP contribution in [-0.4, -0.2) is 41.8 Å². The van der Waals surface area contributed by atoms with Crippen LogP contribution >= 0.6 is 0 Å². The third-order valence-corrected chi connectivity index (χ3v) is 6.58. The topological polar surface area (TPSA) is 105 Å². The molecule has 2 aromatic rings. The van der Waals surface area contributed by atoms with Gasteiger partial charge in [0.05, 0.1) is 6.42 Å². The van der Waals surface area contributed by atoms with E-state index in [0.717, 1.165) is 30.4 Å². The van der Waals surface area contributed by atoms with Crippen molar-refractivity contribution in [3.05, 3.63) is 59.7 Å². The number of carbonyl (C=O) groups excluding carboxylic acids is 2. The maximum absolute atomic E-state index is 12.6. The molecule has 0 heterocycles. The molecule has 7 heteroatoms. The average molecular weight is 451 g/mol. The fraction of sp³-hybridized carbons (Fsp3) is 0.423. The number of carboxylic acids is 1. The van der Waals surface area contributed by atoms with Gasteiger partial charge in [-0.25, -0.2) is 4.79 Å². The van der Waals surface area contributed by atoms with Crippen LogP contribution in [-0.2, 0) is 14.3 Å². The first-order chi connectivity index (χ1) is 15.9. The van der Waals surface area contributed by atoms with Gasteiger partial charge in [-0.15, -0.1) is 0 Å². The molecular formula is C26H30N2O5. The molecule has 174 valence electrons. The Morgan fingerprint density at radius 2 is 1.67 bits per heavy atom. The van der Waals surface area contributed by atoms with E-state index in [4.69, 9.17) is 9.84 Å². The van der Waals surface area contributed by atoms with Crippen molar-refractivity contribution in [3.8, 4) is 11.1 Å². The molecule has 0 aliphatic heterocycles. The second-order valence-corrected chi connectivity index (χ2v) is 9.04. The highest BCUT2D eigenvalue weighted by atomic mass is 16.5. The highest BCUT2D eigenvalue weighted by Gasteiger charge is 2.31. The van der Waals surface area contributed by atoms with Crippen LogP contribution in [0.4, 0.5) is 4.79 Å². The van der Waals surface area contributed by atoms with E-state index in [1.807, 2.05) is 24.3 Å². The third-order valence-electron chi connectivity index (χ3n) is 6.58. The van der Waals surface area contributed by atoms with Crippen LogP contribution in [0.15, 0.2) is 48.5 Å². The van der Waals surface area contributed by atoms with E-state index in [-0.39, 0.29) is 36.8 Å². The number of aliphatic carboxylic acids is 1. The van der Waals surface area contributed by atoms with Gasteiger partial charge in [0, 0.05) is 23.9 Å². The standard InChI is InChI=1S/C26H30N2O5/c1-16(13-24(29)30)27-25(31)17-7-6-8-18(14-17)28-26(32)33-15-23-21-11-4-2-9-19(21)20-10-3-5-12-22(20)23/h2-5,9-12,16-18,23H,6-8,13-15H2,1H3,(H,27,31)(H,28,32)(H,29,30)/t16?,17-,18+/m1/s1. The molecule has 1 saturated carbocycles. The number of fused-ring (bicyclic) bond motifs is 3. The fourth-order valence-corrected chi connectivity index (χ4v) is 5.04. The quantitative estimate of drug-likeness (QED) is 0.590. The van der Waals surface area contributed by atoms with Crippen LogP contribution in [0.25, 0.3) is 11.1 Å². The largest absolute Gasteiger partial charge is 0.481 e. The predicted molar refractivity (Wildman–Crippen MR) is 124 cm³/mol. The minimum absolute atomic E-state index is 0.00348. The Morgan fingerprint density at radius 3 is 2.30 bits per heavy atom. The SMILES string of the molecule is CC(CC(=O)O)NC(=O)[C@@H]1CCC[C@H](NC(=O)OCC2c3ccccc3-c3ccccc32)C1. The Labute approximate surface area is 193 Å². The number of hydrogen-bond donors (Lipinski definition) is 3. The average Bonchev–Trinajstić information content (AvgIpc) is 3.11. The molecule has 0 aromatic heterocycles. The maximum Gasteiger partial charge on any atom is 0.407 e. The number of carbonyl (C=O) groups is 3. The first kappa shape index (κ1) is 22.8. The normalized spacial score (nSPS) is 20.3. The summed E-state index contributed by atoms with van der Waals surface area (Å²) in [4.78, 5) is 35.9. The van der Waals surface area contributed by atoms with Crippen molar-refractivity contribution >= 4 is 18.0 Å². The summed E-state index contributed by atoms with van der Waals surface area (Å²) in [5.41, 5.74) is 4.69. The zero-order valence-corrected chi connectivity index (χ0v) is 18.8. The summed E-state index contributed by atoms with van der Waals surface area (Å²) in [5, 5.41) is 14.6. The number of ether oxygens (including phenoxy) is 1. The predicted octanol–water partition coefficient (Wildman–Crippen LogP) is 4.06. The second-order valence-electron chi connectivity index (χ2n) is 9.04. The van der Waals surface area contributed by atoms with Crippen molar-refractivity contribution in [1.29, 1.82) is 0 Å². The van der Waals surface area contributed by atoms with Crippen LogP contribution in [0.5, 0.6) is 0 Å². The number of amides is 2. The molecule has 0 saturated heterocycles. The molecule has 3 N–H and O–H groups in total. The van der Waals surface area contributed by atoms with Gasteiger partial charge in [-0.05, 0) is 48.4 Å². The molecular weight excluding hydrogens is 420 g/mol. The number of benzene rings is 2. The van der Waals surface area contributed by atoms with Gasteiger partial charge in [0.25, 0.3) is 0 Å². The number of hydrogen-bond acceptors (Lipinski definition) is 4. The van der Waals surface area contributed by atoms with Gasteiger partial charge in [0.15, 0.2) is 0 Å². The summed E-state index contributed by atoms with van der Waals surface area (Å²) < 4.78 is 5.63. The van der Waals surface area contributed by atoms with Gasteiger partial charge in [-0.2, -0.15) is 0 Å². The molecule has 1 fully saturated rings. The molecule has 0 spiro atoms. The van der Waals surface area contributed by atoms with E-state index < -0.39 is 18.1 Å². The van der Waals surface area contributed by atoms with Crippen LogP contribution < -0.4 is 10.6 Å². The Balaban J connectivity index is 1.30. The lowest BCUT2D eigenvalue weighted by molar-refractivity contribution is -0.137. The van der Waals surface area contributed by atoms with Gasteiger partial charge in [0.2, 0.25) is 5.91 Å². The van der Waals surface area contributed by atoms with Crippen LogP contribution in [0.1, 0.15) is 56.1 Å². The Hall–Kier alpha value is -3.35. The second kappa shape index (κ2) is 10.1. The fourth-order valence-electron chi connectivity index (χ4n) is 5.04. The molecule has 2 aromatic carbocycles. The molecule has 2 aliphatic rings. The van der Waals surface area contributed by atoms with Crippen molar-refractivity contribution in [2.45, 2.75) is 57.0 Å². The first-order valence-electron chi connectivity index (χ1n) is 11.6. The van der Waals surface area contributed by atoms with E-state index in [0.29, 0.717) is 6.42 Å². The summed E-state index contributed by atoms with van der Waals surface area (Å²) >= 11 is 0. The molecule has 0 radical (unpaired) electrons. The number of rotatable bonds is 7. The summed E-state index contributed by atoms with van der Waals surface area (Å²) in [6.07, 6.45) is 2.28. The monoisotopic (exact) mass is 450 g/mol. The van der Waals surface area contributed by atoms with E-state index in [1.54, 1.807) is 6.92 Å². The third kappa shape index (κ3) is 5.35. The summed E-state index contributed by atoms with van der Waals surface area (Å²) in [6.45, 7) is 1.93. The minimum atomic E-state index is -0.943. The van der Waals surface area contributed by atoms with Gasteiger partial charge >= 0.3 is 12.1 Å². The lowest BCUT2D eigenvalue weighted by Gasteiger charge is -2.29. The number of nitrogens with one attached hydrogen (secondary N) is 2. The number of alkyl carbamates (subject to hydrolysis) is 1. The maximum atomic E-state index is 12.6. The van der Waals surface area contributed by atoms with Crippen molar-refractivity contribution < 1.29 is 24.2 Å². The lowest BCUT2D eigenvalue weighted by atomic mass is 9.85. The highest BCUT2D eigenvalue weighted by Crippen LogP contribution is 2.44. The van der Waals surface area contributed by atoms with Gasteiger partial charge in [0.1, 0.15) is 6.61 Å². The summed E-state index contributed by atoms with van der Waals surface area (Å²) in [7, 11) is 0. The zero-order chi connectivity index (χ0) is 23.4. The number of carboxylic acid groups (broad SMARTS) is 1. The van der Waals surface area contributed by atoms with Crippen molar-refractivity contribution in [2.75, 3.05) is 6.61 Å². The molecule has 3 atom stereocenters. The Kier molecular flexibility index (Phi) is 6.96. The van der Waals surface area contributed by atoms with Gasteiger partial charge < -0.3 is 20.5 Å². The highest BCUT2D eigenvalue weighted by molar-refractivity contribution is 5.80. The summed E-state index contributed by atoms with van der Waals surface area (Å²) in [6, 6.07) is 15.8. The minimum Gasteiger partial charge on any atom is -0.481 e. The molecule has 1 unspecified atom stereocenters. The molecule has 7 nitrogen and oxygen atoms in total. The molecule has 2 amide bonds. The van der Waals surface area contributed by atoms with E-state index in [2.05, 4.69) is 34.9 Å². The van der Waals surface area contributed by atoms with Crippen molar-refractivity contribution in [3.63, 3.8) is 0 Å².